The average molecular weight is 324 g/mol. The number of anilines is 2. The van der Waals surface area contributed by atoms with Gasteiger partial charge in [-0.1, -0.05) is 0 Å². The van der Waals surface area contributed by atoms with Gasteiger partial charge in [0.1, 0.15) is 5.60 Å². The zero-order chi connectivity index (χ0) is 16.7. The fraction of sp³-hybridized carbons (Fsp3) is 0.500. The minimum atomic E-state index is -3.82. The molecule has 0 unspecified atom stereocenters. The van der Waals surface area contributed by atoms with Gasteiger partial charge in [0.15, 0.2) is 0 Å². The highest BCUT2D eigenvalue weighted by Crippen LogP contribution is 2.44. The number of carbonyl (C=O) groups excluding carboxylic acids is 2. The first kappa shape index (κ1) is 15.9. The molecule has 2 fully saturated rings. The highest BCUT2D eigenvalue weighted by molar-refractivity contribution is 5.98. The van der Waals surface area contributed by atoms with Crippen LogP contribution in [-0.2, 0) is 9.59 Å². The molecule has 1 aliphatic carbocycles. The molecule has 0 radical (unpaired) electrons. The molecule has 0 atom stereocenters. The Balaban J connectivity index is 1.68. The summed E-state index contributed by atoms with van der Waals surface area (Å²) in [5.74, 6) is -5.31. The van der Waals surface area contributed by atoms with Gasteiger partial charge in [-0.05, 0) is 49.9 Å². The second-order valence-electron chi connectivity index (χ2n) is 6.11. The average Bonchev–Trinajstić information content (AvgIpc) is 2.91. The number of halogens is 2. The van der Waals surface area contributed by atoms with Crippen LogP contribution in [0.5, 0.6) is 0 Å². The lowest BCUT2D eigenvalue weighted by molar-refractivity contribution is -0.212. The fourth-order valence-corrected chi connectivity index (χ4v) is 2.89. The Morgan fingerprint density at radius 1 is 1.22 bits per heavy atom. The summed E-state index contributed by atoms with van der Waals surface area (Å²) in [6.45, 7) is 0.635. The van der Waals surface area contributed by atoms with Crippen molar-refractivity contribution in [2.75, 3.05) is 16.8 Å². The topological polar surface area (TPSA) is 69.6 Å². The van der Waals surface area contributed by atoms with E-state index in [1.807, 2.05) is 0 Å². The summed E-state index contributed by atoms with van der Waals surface area (Å²) in [4.78, 5) is 25.1. The maximum Gasteiger partial charge on any atom is 0.352 e. The van der Waals surface area contributed by atoms with Crippen LogP contribution in [0.3, 0.4) is 0 Å². The lowest BCUT2D eigenvalue weighted by atomic mass is 9.75. The Kier molecular flexibility index (Phi) is 3.83. The first-order valence-corrected chi connectivity index (χ1v) is 7.66. The van der Waals surface area contributed by atoms with Crippen molar-refractivity contribution in [2.45, 2.75) is 43.6 Å². The minimum Gasteiger partial charge on any atom is -0.383 e. The van der Waals surface area contributed by atoms with Crippen molar-refractivity contribution in [1.29, 1.82) is 0 Å². The summed E-state index contributed by atoms with van der Waals surface area (Å²) < 4.78 is 28.0. The predicted molar refractivity (Wildman–Crippen MR) is 80.4 cm³/mol. The van der Waals surface area contributed by atoms with Crippen LogP contribution >= 0.6 is 0 Å². The van der Waals surface area contributed by atoms with E-state index in [4.69, 9.17) is 0 Å². The maximum atomic E-state index is 14.0. The van der Waals surface area contributed by atoms with Gasteiger partial charge in [0.05, 0.1) is 0 Å². The van der Waals surface area contributed by atoms with Crippen LogP contribution in [-0.4, -0.2) is 35.0 Å². The van der Waals surface area contributed by atoms with E-state index in [1.54, 1.807) is 17.0 Å². The summed E-state index contributed by atoms with van der Waals surface area (Å²) in [5.41, 5.74) is -1.36. The van der Waals surface area contributed by atoms with E-state index >= 15 is 0 Å². The molecule has 1 aliphatic heterocycles. The number of carbonyl (C=O) groups is 2. The van der Waals surface area contributed by atoms with Crippen LogP contribution in [0.4, 0.5) is 20.2 Å². The molecule has 5 nitrogen and oxygen atoms in total. The second-order valence-corrected chi connectivity index (χ2v) is 6.11. The molecule has 1 heterocycles. The van der Waals surface area contributed by atoms with E-state index in [1.165, 1.54) is 12.1 Å². The van der Waals surface area contributed by atoms with E-state index in [-0.39, 0.29) is 24.4 Å². The Morgan fingerprint density at radius 3 is 2.35 bits per heavy atom. The molecule has 7 heteroatoms. The summed E-state index contributed by atoms with van der Waals surface area (Å²) in [5, 5.41) is 11.9. The highest BCUT2D eigenvalue weighted by atomic mass is 19.3. The molecule has 0 spiro atoms. The van der Waals surface area contributed by atoms with Crippen molar-refractivity contribution in [2.24, 2.45) is 0 Å². The van der Waals surface area contributed by atoms with E-state index < -0.39 is 17.4 Å². The summed E-state index contributed by atoms with van der Waals surface area (Å²) in [6, 6.07) is 6.16. The molecule has 23 heavy (non-hydrogen) atoms. The van der Waals surface area contributed by atoms with Gasteiger partial charge in [0, 0.05) is 24.3 Å². The van der Waals surface area contributed by atoms with Crippen molar-refractivity contribution >= 4 is 23.2 Å². The summed E-state index contributed by atoms with van der Waals surface area (Å²) in [6.07, 6.45) is 1.62. The molecule has 2 N–H and O–H groups in total. The number of amides is 2. The third-order valence-electron chi connectivity index (χ3n) is 4.56. The number of hydrogen-bond acceptors (Lipinski definition) is 3. The molecule has 1 saturated heterocycles. The number of hydrogen-bond donors (Lipinski definition) is 2. The molecule has 0 aromatic heterocycles. The van der Waals surface area contributed by atoms with Crippen molar-refractivity contribution in [3.8, 4) is 0 Å². The maximum absolute atomic E-state index is 14.0. The zero-order valence-corrected chi connectivity index (χ0v) is 12.5. The van der Waals surface area contributed by atoms with Crippen LogP contribution in [0, 0.1) is 0 Å². The van der Waals surface area contributed by atoms with Crippen LogP contribution in [0.2, 0.25) is 0 Å². The molecule has 3 rings (SSSR count). The number of alkyl halides is 2. The van der Waals surface area contributed by atoms with Crippen LogP contribution in [0.25, 0.3) is 0 Å². The van der Waals surface area contributed by atoms with Crippen molar-refractivity contribution < 1.29 is 23.5 Å². The highest BCUT2D eigenvalue weighted by Gasteiger charge is 2.61. The molecular formula is C16H18F2N2O3. The van der Waals surface area contributed by atoms with Gasteiger partial charge in [-0.15, -0.1) is 0 Å². The molecule has 124 valence electrons. The monoisotopic (exact) mass is 324 g/mol. The Bertz CT molecular complexity index is 627. The smallest absolute Gasteiger partial charge is 0.352 e. The lowest BCUT2D eigenvalue weighted by Gasteiger charge is -2.41. The van der Waals surface area contributed by atoms with Crippen LogP contribution < -0.4 is 10.2 Å². The van der Waals surface area contributed by atoms with Gasteiger partial charge < -0.3 is 15.3 Å². The number of rotatable bonds is 4. The molecule has 0 bridgehead atoms. The number of aliphatic hydroxyl groups is 1. The Hall–Kier alpha value is -2.02. The first-order valence-electron chi connectivity index (χ1n) is 7.66. The fourth-order valence-electron chi connectivity index (χ4n) is 2.89. The second kappa shape index (κ2) is 5.56. The molecule has 2 aliphatic rings. The predicted octanol–water partition coefficient (Wildman–Crippen LogP) is 2.30. The van der Waals surface area contributed by atoms with Gasteiger partial charge in [-0.25, -0.2) is 0 Å². The molecule has 2 amide bonds. The van der Waals surface area contributed by atoms with E-state index in [0.717, 1.165) is 6.42 Å². The van der Waals surface area contributed by atoms with Crippen molar-refractivity contribution in [3.05, 3.63) is 24.3 Å². The van der Waals surface area contributed by atoms with Gasteiger partial charge in [0.2, 0.25) is 5.91 Å². The zero-order valence-electron chi connectivity index (χ0n) is 12.5. The Morgan fingerprint density at radius 2 is 1.87 bits per heavy atom. The van der Waals surface area contributed by atoms with Gasteiger partial charge in [-0.2, -0.15) is 8.78 Å². The normalized spacial score (nSPS) is 20.3. The molecule has 1 saturated carbocycles. The van der Waals surface area contributed by atoms with Crippen molar-refractivity contribution in [3.63, 3.8) is 0 Å². The van der Waals surface area contributed by atoms with Gasteiger partial charge in [-0.3, -0.25) is 9.59 Å². The van der Waals surface area contributed by atoms with Crippen LogP contribution in [0.1, 0.15) is 32.1 Å². The number of benzene rings is 1. The molecular weight excluding hydrogens is 306 g/mol. The molecule has 1 aromatic rings. The molecule has 1 aromatic carbocycles. The minimum absolute atomic E-state index is 0.0283. The standard InChI is InChI=1S/C16H18F2N2O3/c17-16(18,15(23)8-2-9-15)14(22)19-11-4-6-12(7-5-11)20-10-1-3-13(20)21/h4-7,23H,1-3,8-10H2,(H,19,22). The largest absolute Gasteiger partial charge is 0.383 e. The third-order valence-corrected chi connectivity index (χ3v) is 4.56. The van der Waals surface area contributed by atoms with Crippen LogP contribution in [0.15, 0.2) is 24.3 Å². The summed E-state index contributed by atoms with van der Waals surface area (Å²) >= 11 is 0. The Labute approximate surface area is 132 Å². The SMILES string of the molecule is O=C1CCCN1c1ccc(NC(=O)C(F)(F)C2(O)CCC2)cc1. The van der Waals surface area contributed by atoms with E-state index in [9.17, 15) is 23.5 Å². The van der Waals surface area contributed by atoms with Gasteiger partial charge in [0.25, 0.3) is 5.91 Å². The third kappa shape index (κ3) is 2.69. The van der Waals surface area contributed by atoms with Gasteiger partial charge >= 0.3 is 5.92 Å². The van der Waals surface area contributed by atoms with Crippen molar-refractivity contribution in [1.82, 2.24) is 0 Å². The summed E-state index contributed by atoms with van der Waals surface area (Å²) in [7, 11) is 0. The quantitative estimate of drug-likeness (QED) is 0.893. The number of nitrogens with one attached hydrogen (secondary N) is 1. The lowest BCUT2D eigenvalue weighted by Crippen LogP contribution is -2.59. The number of nitrogens with zero attached hydrogens (tertiary/aromatic N) is 1. The van der Waals surface area contributed by atoms with E-state index in [0.29, 0.717) is 25.1 Å². The first-order chi connectivity index (χ1) is 10.8. The van der Waals surface area contributed by atoms with E-state index in [2.05, 4.69) is 5.32 Å².